The predicted molar refractivity (Wildman–Crippen MR) is 141 cm³/mol. The molecule has 0 saturated carbocycles. The first-order valence-electron chi connectivity index (χ1n) is 11.5. The van der Waals surface area contributed by atoms with E-state index in [1.54, 1.807) is 37.7 Å². The number of anilines is 1. The summed E-state index contributed by atoms with van der Waals surface area (Å²) >= 11 is 1.28. The maximum atomic E-state index is 13.8. The molecule has 0 saturated heterocycles. The predicted octanol–water partition coefficient (Wildman–Crippen LogP) is 2.88. The molecular weight excluding hydrogens is 478 g/mol. The summed E-state index contributed by atoms with van der Waals surface area (Å²) < 4.78 is 18.6. The van der Waals surface area contributed by atoms with Crippen LogP contribution in [0.4, 0.5) is 5.69 Å². The number of methoxy groups -OCH3 is 2. The van der Waals surface area contributed by atoms with Crippen LogP contribution >= 0.6 is 11.3 Å². The lowest BCUT2D eigenvalue weighted by Crippen LogP contribution is -2.40. The average molecular weight is 508 g/mol. The van der Waals surface area contributed by atoms with E-state index in [0.29, 0.717) is 32.1 Å². The highest BCUT2D eigenvalue weighted by atomic mass is 32.1. The van der Waals surface area contributed by atoms with Gasteiger partial charge in [0.2, 0.25) is 0 Å². The van der Waals surface area contributed by atoms with Crippen LogP contribution in [0, 0.1) is 0 Å². The molecule has 0 spiro atoms. The van der Waals surface area contributed by atoms with E-state index in [1.807, 2.05) is 55.4 Å². The maximum Gasteiger partial charge on any atom is 0.338 e. The van der Waals surface area contributed by atoms with Crippen LogP contribution in [0.15, 0.2) is 63.5 Å². The summed E-state index contributed by atoms with van der Waals surface area (Å²) in [5.41, 5.74) is 3.09. The summed E-state index contributed by atoms with van der Waals surface area (Å²) in [6.45, 7) is 3.69. The third kappa shape index (κ3) is 4.54. The fourth-order valence-electron chi connectivity index (χ4n) is 4.23. The molecule has 36 heavy (non-hydrogen) atoms. The average Bonchev–Trinajstić information content (AvgIpc) is 3.17. The van der Waals surface area contributed by atoms with Crippen LogP contribution < -0.4 is 29.3 Å². The number of thiazole rings is 1. The van der Waals surface area contributed by atoms with Crippen LogP contribution in [0.5, 0.6) is 11.5 Å². The van der Waals surface area contributed by atoms with Gasteiger partial charge in [-0.2, -0.15) is 0 Å². The number of esters is 1. The minimum atomic E-state index is -0.788. The van der Waals surface area contributed by atoms with Gasteiger partial charge in [0, 0.05) is 25.3 Å². The molecule has 9 heteroatoms. The smallest absolute Gasteiger partial charge is 0.338 e. The summed E-state index contributed by atoms with van der Waals surface area (Å²) in [5.74, 6) is 0.411. The number of aromatic nitrogens is 1. The Morgan fingerprint density at radius 1 is 1.14 bits per heavy atom. The van der Waals surface area contributed by atoms with Crippen LogP contribution in [0.3, 0.4) is 0 Å². The molecule has 1 aliphatic heterocycles. The summed E-state index contributed by atoms with van der Waals surface area (Å²) in [4.78, 5) is 34.0. The maximum absolute atomic E-state index is 13.8. The molecule has 0 amide bonds. The molecule has 4 rings (SSSR count). The van der Waals surface area contributed by atoms with Gasteiger partial charge < -0.3 is 19.1 Å². The van der Waals surface area contributed by atoms with Crippen molar-refractivity contribution in [3.05, 3.63) is 84.5 Å². The molecular formula is C27H29N3O5S. The highest BCUT2D eigenvalue weighted by molar-refractivity contribution is 7.07. The molecule has 3 aromatic rings. The second kappa shape index (κ2) is 10.4. The molecule has 8 nitrogen and oxygen atoms in total. The molecule has 0 N–H and O–H groups in total. The first-order valence-corrected chi connectivity index (χ1v) is 12.3. The van der Waals surface area contributed by atoms with Gasteiger partial charge in [-0.05, 0) is 43.7 Å². The molecule has 2 aromatic carbocycles. The summed E-state index contributed by atoms with van der Waals surface area (Å²) in [5, 5.41) is 0. The number of fused-ring (bicyclic) bond motifs is 1. The molecule has 0 bridgehead atoms. The van der Waals surface area contributed by atoms with Gasteiger partial charge in [0.25, 0.3) is 5.56 Å². The van der Waals surface area contributed by atoms with E-state index >= 15 is 0 Å². The number of allylic oxidation sites excluding steroid dienone is 1. The van der Waals surface area contributed by atoms with E-state index in [9.17, 15) is 9.59 Å². The van der Waals surface area contributed by atoms with Crippen LogP contribution in [-0.4, -0.2) is 45.5 Å². The minimum absolute atomic E-state index is 0.199. The van der Waals surface area contributed by atoms with Gasteiger partial charge in [0.15, 0.2) is 16.3 Å². The van der Waals surface area contributed by atoms with Crippen molar-refractivity contribution in [3.63, 3.8) is 0 Å². The van der Waals surface area contributed by atoms with Crippen molar-refractivity contribution in [1.29, 1.82) is 0 Å². The summed E-state index contributed by atoms with van der Waals surface area (Å²) in [7, 11) is 7.03. The summed E-state index contributed by atoms with van der Waals surface area (Å²) in [6, 6.07) is 12.5. The van der Waals surface area contributed by atoms with Gasteiger partial charge in [-0.25, -0.2) is 9.79 Å². The fraction of sp³-hybridized carbons (Fsp3) is 0.296. The Morgan fingerprint density at radius 3 is 2.47 bits per heavy atom. The van der Waals surface area contributed by atoms with E-state index in [1.165, 1.54) is 18.4 Å². The molecule has 1 aromatic heterocycles. The number of para-hydroxylation sites is 1. The molecule has 0 radical (unpaired) electrons. The van der Waals surface area contributed by atoms with E-state index in [2.05, 4.69) is 4.99 Å². The van der Waals surface area contributed by atoms with Crippen molar-refractivity contribution in [3.8, 4) is 11.5 Å². The van der Waals surface area contributed by atoms with Crippen molar-refractivity contribution < 1.29 is 19.0 Å². The van der Waals surface area contributed by atoms with E-state index in [4.69, 9.17) is 14.2 Å². The number of carbonyl (C=O) groups is 1. The SMILES string of the molecule is CCOC(=O)C1=C(C)N=c2sc(=Cc3ccc(N(C)C)cc3)c(=O)n2C1c1cccc(OC)c1OC. The van der Waals surface area contributed by atoms with Crippen molar-refractivity contribution in [2.24, 2.45) is 4.99 Å². The van der Waals surface area contributed by atoms with Crippen LogP contribution in [0.25, 0.3) is 6.08 Å². The van der Waals surface area contributed by atoms with Gasteiger partial charge in [0.05, 0.1) is 36.6 Å². The highest BCUT2D eigenvalue weighted by Crippen LogP contribution is 2.40. The van der Waals surface area contributed by atoms with E-state index < -0.39 is 12.0 Å². The first-order chi connectivity index (χ1) is 17.3. The zero-order valence-electron chi connectivity index (χ0n) is 21.2. The molecule has 0 aliphatic carbocycles. The molecule has 1 unspecified atom stereocenters. The molecule has 188 valence electrons. The Kier molecular flexibility index (Phi) is 7.30. The van der Waals surface area contributed by atoms with E-state index in [-0.39, 0.29) is 17.7 Å². The Hall–Kier alpha value is -3.85. The molecule has 2 heterocycles. The standard InChI is InChI=1S/C27H29N3O5S/c1-7-35-26(32)22-16(2)28-27-30(23(22)19-9-8-10-20(33-5)24(19)34-6)25(31)21(36-27)15-17-11-13-18(14-12-17)29(3)4/h8-15,23H,7H2,1-6H3. The number of ether oxygens (including phenoxy) is 3. The monoisotopic (exact) mass is 507 g/mol. The van der Waals surface area contributed by atoms with Gasteiger partial charge in [-0.1, -0.05) is 35.6 Å². The Labute approximate surface area is 213 Å². The van der Waals surface area contributed by atoms with Gasteiger partial charge in [0.1, 0.15) is 6.04 Å². The Balaban J connectivity index is 1.96. The van der Waals surface area contributed by atoms with Crippen LogP contribution in [-0.2, 0) is 9.53 Å². The van der Waals surface area contributed by atoms with Gasteiger partial charge in [-0.15, -0.1) is 0 Å². The van der Waals surface area contributed by atoms with Crippen molar-refractivity contribution >= 4 is 29.1 Å². The third-order valence-electron chi connectivity index (χ3n) is 5.95. The number of nitrogens with zero attached hydrogens (tertiary/aromatic N) is 3. The number of hydrogen-bond acceptors (Lipinski definition) is 8. The quantitative estimate of drug-likeness (QED) is 0.458. The largest absolute Gasteiger partial charge is 0.493 e. The van der Waals surface area contributed by atoms with Crippen molar-refractivity contribution in [2.45, 2.75) is 19.9 Å². The zero-order chi connectivity index (χ0) is 26.0. The molecule has 0 fully saturated rings. The topological polar surface area (TPSA) is 82.4 Å². The lowest BCUT2D eigenvalue weighted by molar-refractivity contribution is -0.139. The van der Waals surface area contributed by atoms with Crippen molar-refractivity contribution in [2.75, 3.05) is 39.8 Å². The Morgan fingerprint density at radius 2 is 1.86 bits per heavy atom. The second-order valence-corrected chi connectivity index (χ2v) is 9.38. The fourth-order valence-corrected chi connectivity index (χ4v) is 5.28. The summed E-state index contributed by atoms with van der Waals surface area (Å²) in [6.07, 6.45) is 1.84. The molecule has 1 atom stereocenters. The Bertz CT molecular complexity index is 1500. The lowest BCUT2D eigenvalue weighted by atomic mass is 9.94. The number of carbonyl (C=O) groups excluding carboxylic acids is 1. The normalized spacial score (nSPS) is 15.3. The van der Waals surface area contributed by atoms with Crippen molar-refractivity contribution in [1.82, 2.24) is 4.57 Å². The van der Waals surface area contributed by atoms with E-state index in [0.717, 1.165) is 11.3 Å². The lowest BCUT2D eigenvalue weighted by Gasteiger charge is -2.26. The highest BCUT2D eigenvalue weighted by Gasteiger charge is 2.35. The number of benzene rings is 2. The zero-order valence-corrected chi connectivity index (χ0v) is 22.0. The second-order valence-electron chi connectivity index (χ2n) is 8.37. The van der Waals surface area contributed by atoms with Crippen LogP contribution in [0.2, 0.25) is 0 Å². The number of hydrogen-bond donors (Lipinski definition) is 0. The molecule has 1 aliphatic rings. The van der Waals surface area contributed by atoms with Crippen LogP contribution in [0.1, 0.15) is 31.0 Å². The third-order valence-corrected chi connectivity index (χ3v) is 6.94. The first kappa shape index (κ1) is 25.2. The van der Waals surface area contributed by atoms with Gasteiger partial charge in [-0.3, -0.25) is 9.36 Å². The number of rotatable bonds is 7. The van der Waals surface area contributed by atoms with Gasteiger partial charge >= 0.3 is 5.97 Å². The minimum Gasteiger partial charge on any atom is -0.493 e.